The van der Waals surface area contributed by atoms with Crippen molar-refractivity contribution in [2.75, 3.05) is 11.9 Å². The minimum absolute atomic E-state index is 0.00220. The first kappa shape index (κ1) is 18.0. The fourth-order valence-corrected chi connectivity index (χ4v) is 1.68. The molecule has 0 aliphatic rings. The molecule has 1 heterocycles. The summed E-state index contributed by atoms with van der Waals surface area (Å²) in [5.41, 5.74) is -1.02. The second-order valence-electron chi connectivity index (χ2n) is 6.83. The van der Waals surface area contributed by atoms with Crippen LogP contribution < -0.4 is 5.32 Å². The molecule has 1 N–H and O–H groups in total. The van der Waals surface area contributed by atoms with Gasteiger partial charge in [0, 0.05) is 5.41 Å². The van der Waals surface area contributed by atoms with Crippen LogP contribution in [0.2, 0.25) is 0 Å². The van der Waals surface area contributed by atoms with Crippen LogP contribution in [0.1, 0.15) is 64.6 Å². The van der Waals surface area contributed by atoms with Crippen LogP contribution in [0.15, 0.2) is 4.52 Å². The molecule has 0 aromatic carbocycles. The van der Waals surface area contributed by atoms with Crippen LogP contribution in [0, 0.1) is 0 Å². The third-order valence-electron chi connectivity index (χ3n) is 2.47. The number of rotatable bonds is 3. The number of amides is 1. The van der Waals surface area contributed by atoms with Crippen LogP contribution in [0.25, 0.3) is 0 Å². The zero-order chi connectivity index (χ0) is 17.1. The van der Waals surface area contributed by atoms with Crippen molar-refractivity contribution in [2.45, 2.75) is 59.5 Å². The molecule has 7 heteroatoms. The highest BCUT2D eigenvalue weighted by molar-refractivity contribution is 5.99. The van der Waals surface area contributed by atoms with Gasteiger partial charge in [0.25, 0.3) is 0 Å². The standard InChI is InChI=1S/C15H24N2O5/c1-8-20-12(18)9-10(14(2,3)4)22-17-11(9)16-13(19)21-15(5,6)7/h8H2,1-7H3,(H,16,17,19). The predicted molar refractivity (Wildman–Crippen MR) is 81.0 cm³/mol. The molecule has 1 amide bonds. The van der Waals surface area contributed by atoms with Crippen LogP contribution in [0.5, 0.6) is 0 Å². The summed E-state index contributed by atoms with van der Waals surface area (Å²) in [6.07, 6.45) is -0.716. The minimum atomic E-state index is -0.716. The molecule has 0 bridgehead atoms. The van der Waals surface area contributed by atoms with Crippen molar-refractivity contribution >= 4 is 17.9 Å². The summed E-state index contributed by atoms with van der Waals surface area (Å²) < 4.78 is 15.4. The van der Waals surface area contributed by atoms with Crippen molar-refractivity contribution in [1.82, 2.24) is 5.16 Å². The summed E-state index contributed by atoms with van der Waals surface area (Å²) in [6.45, 7) is 12.7. The highest BCUT2D eigenvalue weighted by Gasteiger charge is 2.33. The normalized spacial score (nSPS) is 12.0. The monoisotopic (exact) mass is 312 g/mol. The van der Waals surface area contributed by atoms with Crippen molar-refractivity contribution in [2.24, 2.45) is 0 Å². The van der Waals surface area contributed by atoms with E-state index in [9.17, 15) is 9.59 Å². The van der Waals surface area contributed by atoms with Crippen LogP contribution in [-0.4, -0.2) is 29.4 Å². The van der Waals surface area contributed by atoms with Crippen molar-refractivity contribution < 1.29 is 23.6 Å². The summed E-state index contributed by atoms with van der Waals surface area (Å²) in [5.74, 6) is -0.255. The highest BCUT2D eigenvalue weighted by atomic mass is 16.6. The molecule has 124 valence electrons. The van der Waals surface area contributed by atoms with Crippen LogP contribution in [-0.2, 0) is 14.9 Å². The van der Waals surface area contributed by atoms with E-state index in [-0.39, 0.29) is 18.0 Å². The van der Waals surface area contributed by atoms with E-state index in [4.69, 9.17) is 14.0 Å². The van der Waals surface area contributed by atoms with Crippen molar-refractivity contribution in [3.05, 3.63) is 11.3 Å². The van der Waals surface area contributed by atoms with Gasteiger partial charge in [-0.2, -0.15) is 0 Å². The first-order valence-corrected chi connectivity index (χ1v) is 7.13. The average molecular weight is 312 g/mol. The van der Waals surface area contributed by atoms with Gasteiger partial charge in [-0.3, -0.25) is 5.32 Å². The topological polar surface area (TPSA) is 90.7 Å². The Bertz CT molecular complexity index is 549. The van der Waals surface area contributed by atoms with Crippen LogP contribution in [0.3, 0.4) is 0 Å². The number of nitrogens with zero attached hydrogens (tertiary/aromatic N) is 1. The number of hydrogen-bond donors (Lipinski definition) is 1. The molecule has 0 radical (unpaired) electrons. The van der Waals surface area contributed by atoms with E-state index in [1.807, 2.05) is 20.8 Å². The molecular weight excluding hydrogens is 288 g/mol. The lowest BCUT2D eigenvalue weighted by atomic mass is 9.90. The van der Waals surface area contributed by atoms with E-state index in [0.717, 1.165) is 0 Å². The molecule has 0 fully saturated rings. The summed E-state index contributed by atoms with van der Waals surface area (Å²) in [6, 6.07) is 0. The zero-order valence-electron chi connectivity index (χ0n) is 14.2. The molecule has 7 nitrogen and oxygen atoms in total. The highest BCUT2D eigenvalue weighted by Crippen LogP contribution is 2.31. The van der Waals surface area contributed by atoms with Gasteiger partial charge in [0.05, 0.1) is 6.61 Å². The molecule has 1 aromatic rings. The number of esters is 1. The lowest BCUT2D eigenvalue weighted by molar-refractivity contribution is 0.0522. The van der Waals surface area contributed by atoms with Gasteiger partial charge in [0.15, 0.2) is 11.6 Å². The molecule has 0 unspecified atom stereocenters. The van der Waals surface area contributed by atoms with Crippen molar-refractivity contribution in [3.8, 4) is 0 Å². The number of carbonyl (C=O) groups is 2. The number of carbonyl (C=O) groups excluding carboxylic acids is 2. The van der Waals surface area contributed by atoms with Gasteiger partial charge < -0.3 is 14.0 Å². The van der Waals surface area contributed by atoms with Crippen molar-refractivity contribution in [1.29, 1.82) is 0 Å². The predicted octanol–water partition coefficient (Wildman–Crippen LogP) is 3.50. The van der Waals surface area contributed by atoms with Gasteiger partial charge in [-0.1, -0.05) is 25.9 Å². The Hall–Kier alpha value is -2.05. The Labute approximate surface area is 130 Å². The van der Waals surface area contributed by atoms with Crippen LogP contribution >= 0.6 is 0 Å². The second-order valence-corrected chi connectivity index (χ2v) is 6.83. The van der Waals surface area contributed by atoms with Crippen molar-refractivity contribution in [3.63, 3.8) is 0 Å². The first-order valence-electron chi connectivity index (χ1n) is 7.13. The molecule has 1 aromatic heterocycles. The lowest BCUT2D eigenvalue weighted by Gasteiger charge is -2.19. The maximum absolute atomic E-state index is 12.1. The maximum Gasteiger partial charge on any atom is 0.413 e. The molecule has 0 spiro atoms. The third-order valence-corrected chi connectivity index (χ3v) is 2.47. The van der Waals surface area contributed by atoms with E-state index in [1.165, 1.54) is 0 Å². The van der Waals surface area contributed by atoms with Gasteiger partial charge in [0.2, 0.25) is 0 Å². The van der Waals surface area contributed by atoms with Gasteiger partial charge in [-0.15, -0.1) is 0 Å². The van der Waals surface area contributed by atoms with E-state index >= 15 is 0 Å². The van der Waals surface area contributed by atoms with E-state index in [0.29, 0.717) is 5.76 Å². The van der Waals surface area contributed by atoms with Gasteiger partial charge in [-0.25, -0.2) is 9.59 Å². The number of hydrogen-bond acceptors (Lipinski definition) is 6. The smallest absolute Gasteiger partial charge is 0.413 e. The Balaban J connectivity index is 3.12. The van der Waals surface area contributed by atoms with E-state index in [2.05, 4.69) is 10.5 Å². The largest absolute Gasteiger partial charge is 0.462 e. The number of nitrogens with one attached hydrogen (secondary N) is 1. The van der Waals surface area contributed by atoms with E-state index in [1.54, 1.807) is 27.7 Å². The number of anilines is 1. The van der Waals surface area contributed by atoms with Crippen LogP contribution in [0.4, 0.5) is 10.6 Å². The number of ether oxygens (including phenoxy) is 2. The molecule has 22 heavy (non-hydrogen) atoms. The summed E-state index contributed by atoms with van der Waals surface area (Å²) in [5, 5.41) is 6.20. The van der Waals surface area contributed by atoms with Gasteiger partial charge >= 0.3 is 12.1 Å². The summed E-state index contributed by atoms with van der Waals surface area (Å²) in [4.78, 5) is 24.0. The molecule has 1 rings (SSSR count). The first-order chi connectivity index (χ1) is 9.95. The molecule has 0 saturated heterocycles. The quantitative estimate of drug-likeness (QED) is 0.859. The molecule has 0 aliphatic carbocycles. The molecule has 0 saturated carbocycles. The fourth-order valence-electron chi connectivity index (χ4n) is 1.68. The Morgan fingerprint density at radius 1 is 1.18 bits per heavy atom. The minimum Gasteiger partial charge on any atom is -0.462 e. The number of aromatic nitrogens is 1. The Morgan fingerprint density at radius 2 is 1.77 bits per heavy atom. The second kappa shape index (κ2) is 6.37. The fraction of sp³-hybridized carbons (Fsp3) is 0.667. The SMILES string of the molecule is CCOC(=O)c1c(NC(=O)OC(C)(C)C)noc1C(C)(C)C. The molecule has 0 atom stereocenters. The molecule has 0 aliphatic heterocycles. The molecular formula is C15H24N2O5. The van der Waals surface area contributed by atoms with Gasteiger partial charge in [-0.05, 0) is 27.7 Å². The summed E-state index contributed by atoms with van der Waals surface area (Å²) in [7, 11) is 0. The maximum atomic E-state index is 12.1. The zero-order valence-corrected chi connectivity index (χ0v) is 14.2. The third kappa shape index (κ3) is 4.75. The van der Waals surface area contributed by atoms with Gasteiger partial charge in [0.1, 0.15) is 11.2 Å². The lowest BCUT2D eigenvalue weighted by Crippen LogP contribution is -2.28. The Morgan fingerprint density at radius 3 is 2.23 bits per heavy atom. The summed E-state index contributed by atoms with van der Waals surface area (Å²) >= 11 is 0. The van der Waals surface area contributed by atoms with E-state index < -0.39 is 23.1 Å². The Kier molecular flexibility index (Phi) is 5.22. The average Bonchev–Trinajstić information content (AvgIpc) is 2.69.